The van der Waals surface area contributed by atoms with Gasteiger partial charge < -0.3 is 9.84 Å². The fourth-order valence-corrected chi connectivity index (χ4v) is 5.06. The zero-order valence-corrected chi connectivity index (χ0v) is 16.7. The van der Waals surface area contributed by atoms with Gasteiger partial charge in [-0.3, -0.25) is 4.90 Å². The first-order chi connectivity index (χ1) is 13.3. The summed E-state index contributed by atoms with van der Waals surface area (Å²) in [5.74, 6) is 1.46. The summed E-state index contributed by atoms with van der Waals surface area (Å²) in [6.07, 6.45) is 4.23. The minimum Gasteiger partial charge on any atom is -0.508 e. The first-order valence-electron chi connectivity index (χ1n) is 9.89. The zero-order chi connectivity index (χ0) is 18.6. The highest BCUT2D eigenvalue weighted by Gasteiger charge is 2.25. The lowest BCUT2D eigenvalue weighted by atomic mass is 9.87. The lowest BCUT2D eigenvalue weighted by molar-refractivity contribution is 0.148. The molecular formula is C23H27NO2S. The highest BCUT2D eigenvalue weighted by Crippen LogP contribution is 2.32. The number of phenolic OH excluding ortho intramolecular Hbond substituents is 1. The first-order valence-corrected chi connectivity index (χ1v) is 10.8. The molecule has 1 heterocycles. The van der Waals surface area contributed by atoms with Gasteiger partial charge in [0, 0.05) is 28.1 Å². The Labute approximate surface area is 165 Å². The number of phenols is 1. The molecule has 1 unspecified atom stereocenters. The minimum atomic E-state index is 0.459. The molecule has 3 nitrogen and oxygen atoms in total. The van der Waals surface area contributed by atoms with Crippen LogP contribution in [-0.2, 0) is 12.8 Å². The number of aromatic hydroxyl groups is 1. The van der Waals surface area contributed by atoms with Crippen molar-refractivity contribution >= 4 is 21.4 Å². The molecule has 0 fully saturated rings. The lowest BCUT2D eigenvalue weighted by Gasteiger charge is -2.35. The monoisotopic (exact) mass is 381 g/mol. The number of fused-ring (bicyclic) bond motifs is 2. The fraction of sp³-hybridized carbons (Fsp3) is 0.391. The molecule has 1 N–H and O–H groups in total. The predicted octanol–water partition coefficient (Wildman–Crippen LogP) is 5.26. The first kappa shape index (κ1) is 18.3. The molecule has 3 aromatic rings. The van der Waals surface area contributed by atoms with Crippen molar-refractivity contribution in [2.24, 2.45) is 0 Å². The zero-order valence-electron chi connectivity index (χ0n) is 15.9. The Bertz CT molecular complexity index is 904. The average molecular weight is 382 g/mol. The van der Waals surface area contributed by atoms with Crippen LogP contribution in [0.1, 0.15) is 30.9 Å². The van der Waals surface area contributed by atoms with E-state index >= 15 is 0 Å². The van der Waals surface area contributed by atoms with Crippen molar-refractivity contribution < 1.29 is 9.84 Å². The molecule has 0 amide bonds. The van der Waals surface area contributed by atoms with Crippen LogP contribution in [0.2, 0.25) is 0 Å². The van der Waals surface area contributed by atoms with E-state index in [1.54, 1.807) is 11.3 Å². The third-order valence-corrected chi connectivity index (χ3v) is 6.48. The standard InChI is InChI=1S/C23H27NO2S/c1-2-12-24(18-10-11-19-17(15-18)6-5-8-21(19)25)13-14-26-22-16-27-23-9-4-3-7-20(22)23/h3-9,16,18,25H,2,10-15H2,1H3. The van der Waals surface area contributed by atoms with Crippen LogP contribution in [0.25, 0.3) is 10.1 Å². The molecule has 2 aromatic carbocycles. The van der Waals surface area contributed by atoms with Crippen LogP contribution in [0.3, 0.4) is 0 Å². The van der Waals surface area contributed by atoms with Crippen molar-refractivity contribution in [3.8, 4) is 11.5 Å². The third-order valence-electron chi connectivity index (χ3n) is 5.54. The van der Waals surface area contributed by atoms with Crippen molar-refractivity contribution in [2.75, 3.05) is 19.7 Å². The Balaban J connectivity index is 1.40. The van der Waals surface area contributed by atoms with E-state index in [9.17, 15) is 5.11 Å². The highest BCUT2D eigenvalue weighted by atomic mass is 32.1. The largest absolute Gasteiger partial charge is 0.508 e. The maximum Gasteiger partial charge on any atom is 0.137 e. The molecule has 1 atom stereocenters. The second-order valence-corrected chi connectivity index (χ2v) is 8.20. The molecule has 1 aromatic heterocycles. The van der Waals surface area contributed by atoms with E-state index in [1.807, 2.05) is 12.1 Å². The Hall–Kier alpha value is -2.04. The maximum atomic E-state index is 10.1. The molecule has 1 aliphatic carbocycles. The van der Waals surface area contributed by atoms with Crippen LogP contribution in [0.5, 0.6) is 11.5 Å². The molecule has 0 bridgehead atoms. The summed E-state index contributed by atoms with van der Waals surface area (Å²) in [6.45, 7) is 4.98. The summed E-state index contributed by atoms with van der Waals surface area (Å²) in [6, 6.07) is 14.9. The summed E-state index contributed by atoms with van der Waals surface area (Å²) in [5.41, 5.74) is 2.45. The van der Waals surface area contributed by atoms with Gasteiger partial charge in [-0.25, -0.2) is 0 Å². The van der Waals surface area contributed by atoms with Gasteiger partial charge in [0.05, 0.1) is 0 Å². The van der Waals surface area contributed by atoms with E-state index in [2.05, 4.69) is 47.5 Å². The summed E-state index contributed by atoms with van der Waals surface area (Å²) >= 11 is 1.74. The van der Waals surface area contributed by atoms with E-state index in [4.69, 9.17) is 4.74 Å². The summed E-state index contributed by atoms with van der Waals surface area (Å²) in [7, 11) is 0. The van der Waals surface area contributed by atoms with Gasteiger partial charge in [-0.2, -0.15) is 0 Å². The van der Waals surface area contributed by atoms with Gasteiger partial charge in [0.25, 0.3) is 0 Å². The van der Waals surface area contributed by atoms with E-state index in [1.165, 1.54) is 15.6 Å². The second kappa shape index (κ2) is 8.32. The van der Waals surface area contributed by atoms with Crippen molar-refractivity contribution in [3.63, 3.8) is 0 Å². The van der Waals surface area contributed by atoms with Gasteiger partial charge in [-0.05, 0) is 61.6 Å². The molecule has 27 heavy (non-hydrogen) atoms. The molecule has 1 aliphatic rings. The summed E-state index contributed by atoms with van der Waals surface area (Å²) in [5, 5.41) is 13.4. The van der Waals surface area contributed by atoms with E-state index < -0.39 is 0 Å². The average Bonchev–Trinajstić information content (AvgIpc) is 3.10. The molecule has 4 heteroatoms. The van der Waals surface area contributed by atoms with E-state index in [-0.39, 0.29) is 0 Å². The van der Waals surface area contributed by atoms with Crippen LogP contribution in [0.15, 0.2) is 47.8 Å². The number of hydrogen-bond acceptors (Lipinski definition) is 4. The van der Waals surface area contributed by atoms with Crippen LogP contribution in [-0.4, -0.2) is 35.7 Å². The highest BCUT2D eigenvalue weighted by molar-refractivity contribution is 7.17. The van der Waals surface area contributed by atoms with Crippen LogP contribution in [0, 0.1) is 0 Å². The van der Waals surface area contributed by atoms with E-state index in [0.29, 0.717) is 18.4 Å². The third kappa shape index (κ3) is 3.97. The number of thiophene rings is 1. The molecule has 0 aliphatic heterocycles. The van der Waals surface area contributed by atoms with Crippen LogP contribution in [0.4, 0.5) is 0 Å². The summed E-state index contributed by atoms with van der Waals surface area (Å²) < 4.78 is 7.42. The Kier molecular flexibility index (Phi) is 5.65. The minimum absolute atomic E-state index is 0.459. The van der Waals surface area contributed by atoms with Gasteiger partial charge in [0.2, 0.25) is 0 Å². The number of benzene rings is 2. The van der Waals surface area contributed by atoms with Crippen molar-refractivity contribution in [1.82, 2.24) is 4.90 Å². The topological polar surface area (TPSA) is 32.7 Å². The van der Waals surface area contributed by atoms with Gasteiger partial charge in [0.15, 0.2) is 0 Å². The number of hydrogen-bond donors (Lipinski definition) is 1. The number of rotatable bonds is 7. The second-order valence-electron chi connectivity index (χ2n) is 7.29. The molecular weight excluding hydrogens is 354 g/mol. The molecule has 0 radical (unpaired) electrons. The SMILES string of the molecule is CCCN(CCOc1csc2ccccc12)C1CCc2c(O)cccc2C1. The van der Waals surface area contributed by atoms with Crippen LogP contribution < -0.4 is 4.74 Å². The fourth-order valence-electron chi connectivity index (χ4n) is 4.18. The number of nitrogens with zero attached hydrogens (tertiary/aromatic N) is 1. The van der Waals surface area contributed by atoms with Gasteiger partial charge in [-0.15, -0.1) is 11.3 Å². The van der Waals surface area contributed by atoms with Crippen molar-refractivity contribution in [3.05, 3.63) is 59.0 Å². The molecule has 0 saturated carbocycles. The predicted molar refractivity (Wildman–Crippen MR) is 113 cm³/mol. The molecule has 4 rings (SSSR count). The van der Waals surface area contributed by atoms with Crippen molar-refractivity contribution in [1.29, 1.82) is 0 Å². The van der Waals surface area contributed by atoms with Gasteiger partial charge >= 0.3 is 0 Å². The Morgan fingerprint density at radius 2 is 2.04 bits per heavy atom. The molecule has 0 saturated heterocycles. The van der Waals surface area contributed by atoms with Gasteiger partial charge in [-0.1, -0.05) is 31.2 Å². The quantitative estimate of drug-likeness (QED) is 0.606. The van der Waals surface area contributed by atoms with Crippen molar-refractivity contribution in [2.45, 2.75) is 38.6 Å². The number of ether oxygens (including phenoxy) is 1. The lowest BCUT2D eigenvalue weighted by Crippen LogP contribution is -2.42. The van der Waals surface area contributed by atoms with E-state index in [0.717, 1.165) is 50.1 Å². The Morgan fingerprint density at radius 3 is 2.93 bits per heavy atom. The normalized spacial score (nSPS) is 16.6. The molecule has 0 spiro atoms. The molecule has 142 valence electrons. The van der Waals surface area contributed by atoms with Gasteiger partial charge in [0.1, 0.15) is 18.1 Å². The maximum absolute atomic E-state index is 10.1. The van der Waals surface area contributed by atoms with Crippen LogP contribution >= 0.6 is 11.3 Å². The smallest absolute Gasteiger partial charge is 0.137 e. The summed E-state index contributed by atoms with van der Waals surface area (Å²) in [4.78, 5) is 2.57. The Morgan fingerprint density at radius 1 is 1.15 bits per heavy atom.